The van der Waals surface area contributed by atoms with Crippen LogP contribution in [-0.2, 0) is 11.2 Å². The summed E-state index contributed by atoms with van der Waals surface area (Å²) in [6.07, 6.45) is 0.797. The summed E-state index contributed by atoms with van der Waals surface area (Å²) in [5.41, 5.74) is 3.49. The molecule has 0 saturated carbocycles. The number of nitrogens with two attached hydrogens (primary N) is 2. The van der Waals surface area contributed by atoms with Crippen molar-refractivity contribution in [2.75, 3.05) is 23.6 Å². The van der Waals surface area contributed by atoms with Crippen LogP contribution >= 0.6 is 11.8 Å². The molecule has 0 unspecified atom stereocenters. The minimum Gasteiger partial charge on any atom is -0.355 e. The maximum absolute atomic E-state index is 11.7. The smallest absolute Gasteiger partial charge is 0.258 e. The van der Waals surface area contributed by atoms with Gasteiger partial charge in [-0.05, 0) is 12.0 Å². The van der Waals surface area contributed by atoms with Crippen LogP contribution in [0.25, 0.3) is 0 Å². The average molecular weight is 307 g/mol. The zero-order valence-electron chi connectivity index (χ0n) is 11.3. The van der Waals surface area contributed by atoms with Crippen LogP contribution in [0.4, 0.5) is 5.95 Å². The summed E-state index contributed by atoms with van der Waals surface area (Å²) in [4.78, 5) is 11.7. The Bertz CT molecular complexity index is 587. The molecule has 1 amide bonds. The van der Waals surface area contributed by atoms with Gasteiger partial charge in [0, 0.05) is 6.54 Å². The molecule has 0 aliphatic rings. The molecule has 6 N–H and O–H groups in total. The van der Waals surface area contributed by atoms with Crippen molar-refractivity contribution in [1.29, 1.82) is 0 Å². The Morgan fingerprint density at radius 3 is 2.71 bits per heavy atom. The van der Waals surface area contributed by atoms with Gasteiger partial charge < -0.3 is 11.2 Å². The second kappa shape index (κ2) is 7.50. The van der Waals surface area contributed by atoms with Gasteiger partial charge in [-0.1, -0.05) is 42.1 Å². The van der Waals surface area contributed by atoms with Crippen molar-refractivity contribution >= 4 is 23.6 Å². The summed E-state index contributed by atoms with van der Waals surface area (Å²) >= 11 is 1.19. The molecular weight excluding hydrogens is 290 g/mol. The van der Waals surface area contributed by atoms with Gasteiger partial charge in [0.15, 0.2) is 0 Å². The average Bonchev–Trinajstić information content (AvgIpc) is 2.86. The molecule has 0 saturated heterocycles. The number of hydrogen-bond donors (Lipinski definition) is 4. The fourth-order valence-electron chi connectivity index (χ4n) is 1.65. The van der Waals surface area contributed by atoms with Crippen molar-refractivity contribution in [3.8, 4) is 0 Å². The number of carbonyl (C=O) groups is 1. The van der Waals surface area contributed by atoms with Gasteiger partial charge in [0.25, 0.3) is 5.95 Å². The van der Waals surface area contributed by atoms with E-state index in [2.05, 4.69) is 20.9 Å². The maximum atomic E-state index is 11.7. The number of carbonyl (C=O) groups excluding carboxylic acids is 1. The minimum atomic E-state index is -0.0822. The van der Waals surface area contributed by atoms with Crippen molar-refractivity contribution in [2.45, 2.75) is 11.6 Å². The van der Waals surface area contributed by atoms with Crippen LogP contribution in [0.2, 0.25) is 0 Å². The molecule has 0 spiro atoms. The Balaban J connectivity index is 1.71. The second-order valence-electron chi connectivity index (χ2n) is 4.19. The lowest BCUT2D eigenvalue weighted by Crippen LogP contribution is -2.27. The first-order valence-corrected chi connectivity index (χ1v) is 7.30. The molecule has 2 aromatic rings. The number of rotatable bonds is 7. The summed E-state index contributed by atoms with van der Waals surface area (Å²) in [6.45, 7) is 0.592. The van der Waals surface area contributed by atoms with Gasteiger partial charge in [-0.25, -0.2) is 10.5 Å². The third-order valence-corrected chi connectivity index (χ3v) is 3.65. The van der Waals surface area contributed by atoms with E-state index in [0.29, 0.717) is 11.7 Å². The number of aromatic nitrogens is 3. The highest BCUT2D eigenvalue weighted by Gasteiger charge is 2.11. The Morgan fingerprint density at radius 1 is 1.29 bits per heavy atom. The van der Waals surface area contributed by atoms with E-state index in [9.17, 15) is 4.79 Å². The summed E-state index contributed by atoms with van der Waals surface area (Å²) in [7, 11) is 0. The minimum absolute atomic E-state index is 0.0822. The van der Waals surface area contributed by atoms with Gasteiger partial charge in [-0.3, -0.25) is 10.2 Å². The van der Waals surface area contributed by atoms with E-state index in [1.165, 1.54) is 22.0 Å². The first-order chi connectivity index (χ1) is 10.2. The number of benzene rings is 1. The number of anilines is 1. The first-order valence-electron chi connectivity index (χ1n) is 6.31. The molecule has 0 aliphatic carbocycles. The van der Waals surface area contributed by atoms with Crippen LogP contribution in [-0.4, -0.2) is 33.1 Å². The Kier molecular flexibility index (Phi) is 5.41. The van der Waals surface area contributed by atoms with E-state index in [1.807, 2.05) is 30.3 Å². The summed E-state index contributed by atoms with van der Waals surface area (Å²) in [5, 5.41) is 10.8. The van der Waals surface area contributed by atoms with E-state index in [-0.39, 0.29) is 17.6 Å². The summed E-state index contributed by atoms with van der Waals surface area (Å²) < 4.78 is 1.20. The summed E-state index contributed by atoms with van der Waals surface area (Å²) in [6, 6.07) is 9.97. The molecule has 1 heterocycles. The Hall–Kier alpha value is -2.26. The molecule has 1 aromatic carbocycles. The van der Waals surface area contributed by atoms with Gasteiger partial charge in [-0.15, -0.1) is 10.2 Å². The maximum Gasteiger partial charge on any atom is 0.258 e. The summed E-state index contributed by atoms with van der Waals surface area (Å²) in [5.74, 6) is 11.2. The molecule has 112 valence electrons. The number of amides is 1. The SMILES string of the molecule is NNc1nnc(SCC(=O)NCCc2ccccc2)n1N. The molecule has 2 rings (SSSR count). The Labute approximate surface area is 126 Å². The van der Waals surface area contributed by atoms with E-state index in [4.69, 9.17) is 11.7 Å². The third-order valence-electron chi connectivity index (χ3n) is 2.70. The molecule has 1 aromatic heterocycles. The lowest BCUT2D eigenvalue weighted by molar-refractivity contribution is -0.118. The predicted octanol–water partition coefficient (Wildman–Crippen LogP) is -0.271. The van der Waals surface area contributed by atoms with E-state index in [1.54, 1.807) is 0 Å². The predicted molar refractivity (Wildman–Crippen MR) is 81.9 cm³/mol. The normalized spacial score (nSPS) is 10.3. The van der Waals surface area contributed by atoms with Gasteiger partial charge in [0.05, 0.1) is 5.75 Å². The number of hydrogen-bond acceptors (Lipinski definition) is 7. The first kappa shape index (κ1) is 15.1. The number of nitrogens with zero attached hydrogens (tertiary/aromatic N) is 3. The van der Waals surface area contributed by atoms with Gasteiger partial charge in [0.1, 0.15) is 0 Å². The van der Waals surface area contributed by atoms with Crippen LogP contribution in [0.15, 0.2) is 35.5 Å². The van der Waals surface area contributed by atoms with Crippen molar-refractivity contribution in [1.82, 2.24) is 20.2 Å². The van der Waals surface area contributed by atoms with Crippen molar-refractivity contribution in [3.63, 3.8) is 0 Å². The number of nitrogens with one attached hydrogen (secondary N) is 2. The van der Waals surface area contributed by atoms with Crippen LogP contribution in [0.5, 0.6) is 0 Å². The highest BCUT2D eigenvalue weighted by molar-refractivity contribution is 7.99. The van der Waals surface area contributed by atoms with E-state index >= 15 is 0 Å². The monoisotopic (exact) mass is 307 g/mol. The Morgan fingerprint density at radius 2 is 2.05 bits per heavy atom. The molecular formula is C12H17N7OS. The third kappa shape index (κ3) is 4.36. The van der Waals surface area contributed by atoms with Crippen molar-refractivity contribution < 1.29 is 4.79 Å². The lowest BCUT2D eigenvalue weighted by Gasteiger charge is -2.05. The molecule has 8 nitrogen and oxygen atoms in total. The van der Waals surface area contributed by atoms with E-state index in [0.717, 1.165) is 6.42 Å². The topological polar surface area (TPSA) is 124 Å². The zero-order chi connectivity index (χ0) is 15.1. The standard InChI is InChI=1S/C12H17N7OS/c13-16-11-17-18-12(19(11)14)21-8-10(20)15-7-6-9-4-2-1-3-5-9/h1-5H,6-8,13-14H2,(H,15,20)(H,16,17). The lowest BCUT2D eigenvalue weighted by atomic mass is 10.1. The molecule has 0 atom stereocenters. The molecule has 9 heteroatoms. The number of nitrogen functional groups attached to an aromatic ring is 2. The van der Waals surface area contributed by atoms with Crippen LogP contribution in [0.3, 0.4) is 0 Å². The van der Waals surface area contributed by atoms with Gasteiger partial charge in [-0.2, -0.15) is 0 Å². The fraction of sp³-hybridized carbons (Fsp3) is 0.250. The largest absolute Gasteiger partial charge is 0.355 e. The zero-order valence-corrected chi connectivity index (χ0v) is 12.1. The number of hydrazine groups is 1. The molecule has 0 fully saturated rings. The van der Waals surface area contributed by atoms with Crippen LogP contribution in [0.1, 0.15) is 5.56 Å². The fourth-order valence-corrected chi connectivity index (χ4v) is 2.33. The molecule has 0 aliphatic heterocycles. The van der Waals surface area contributed by atoms with E-state index < -0.39 is 0 Å². The highest BCUT2D eigenvalue weighted by atomic mass is 32.2. The molecule has 0 radical (unpaired) electrons. The van der Waals surface area contributed by atoms with Crippen LogP contribution in [0, 0.1) is 0 Å². The quantitative estimate of drug-likeness (QED) is 0.315. The van der Waals surface area contributed by atoms with Crippen LogP contribution < -0.4 is 22.4 Å². The van der Waals surface area contributed by atoms with Gasteiger partial charge in [0.2, 0.25) is 11.1 Å². The molecule has 21 heavy (non-hydrogen) atoms. The highest BCUT2D eigenvalue weighted by Crippen LogP contribution is 2.15. The van der Waals surface area contributed by atoms with Gasteiger partial charge >= 0.3 is 0 Å². The molecule has 0 bridgehead atoms. The number of thioether (sulfide) groups is 1. The second-order valence-corrected chi connectivity index (χ2v) is 5.14. The van der Waals surface area contributed by atoms with Crippen molar-refractivity contribution in [3.05, 3.63) is 35.9 Å². The van der Waals surface area contributed by atoms with Crippen molar-refractivity contribution in [2.24, 2.45) is 5.84 Å².